The lowest BCUT2D eigenvalue weighted by atomic mass is 9.39. The summed E-state index contributed by atoms with van der Waals surface area (Å²) >= 11 is 5.56. The maximum atomic E-state index is 13.2. The van der Waals surface area contributed by atoms with Gasteiger partial charge in [-0.2, -0.15) is 0 Å². The summed E-state index contributed by atoms with van der Waals surface area (Å²) in [5.41, 5.74) is 5.11. The van der Waals surface area contributed by atoms with E-state index in [0.29, 0.717) is 0 Å². The zero-order valence-electron chi connectivity index (χ0n) is 11.2. The molecule has 3 aliphatic rings. The van der Waals surface area contributed by atoms with Crippen LogP contribution >= 0.6 is 11.6 Å². The molecule has 4 N–H and O–H groups in total. The maximum Gasteiger partial charge on any atom is 0.258 e. The van der Waals surface area contributed by atoms with Gasteiger partial charge in [0.2, 0.25) is 0 Å². The maximum absolute atomic E-state index is 13.2. The number of hydrogen-bond acceptors (Lipinski definition) is 3. The molecule has 2 bridgehead atoms. The lowest BCUT2D eigenvalue weighted by Gasteiger charge is -2.69. The highest BCUT2D eigenvalue weighted by molar-refractivity contribution is 6.30. The van der Waals surface area contributed by atoms with E-state index in [1.54, 1.807) is 0 Å². The fourth-order valence-corrected chi connectivity index (χ4v) is 3.37. The van der Waals surface area contributed by atoms with Gasteiger partial charge in [-0.3, -0.25) is 10.2 Å². The number of halogens is 2. The molecule has 1 aromatic carbocycles. The van der Waals surface area contributed by atoms with E-state index >= 15 is 0 Å². The average molecular weight is 312 g/mol. The van der Waals surface area contributed by atoms with Crippen LogP contribution < -0.4 is 15.8 Å². The summed E-state index contributed by atoms with van der Waals surface area (Å²) in [4.78, 5) is 11.8. The van der Waals surface area contributed by atoms with Crippen LogP contribution in [0.4, 0.5) is 4.39 Å². The Morgan fingerprint density at radius 1 is 1.48 bits per heavy atom. The Labute approximate surface area is 126 Å². The summed E-state index contributed by atoms with van der Waals surface area (Å²) in [5, 5.41) is 10.4. The first-order valence-corrected chi connectivity index (χ1v) is 6.95. The van der Waals surface area contributed by atoms with Crippen LogP contribution in [0, 0.1) is 16.6 Å². The van der Waals surface area contributed by atoms with Crippen molar-refractivity contribution in [1.29, 1.82) is 5.41 Å². The molecule has 21 heavy (non-hydrogen) atoms. The molecule has 7 heteroatoms. The number of hydrogen-bond donors (Lipinski definition) is 3. The zero-order valence-corrected chi connectivity index (χ0v) is 12.0. The Hall–Kier alpha value is -1.82. The predicted molar refractivity (Wildman–Crippen MR) is 76.0 cm³/mol. The van der Waals surface area contributed by atoms with Gasteiger partial charge in [-0.1, -0.05) is 11.6 Å². The summed E-state index contributed by atoms with van der Waals surface area (Å²) in [6, 6.07) is 4.02. The Morgan fingerprint density at radius 3 is 2.71 bits per heavy atom. The molecule has 0 spiro atoms. The van der Waals surface area contributed by atoms with Crippen LogP contribution in [0.3, 0.4) is 0 Å². The Morgan fingerprint density at radius 2 is 2.14 bits per heavy atom. The molecule has 3 aliphatic carbocycles. The number of amides is 1. The van der Waals surface area contributed by atoms with E-state index in [9.17, 15) is 9.18 Å². The SMILES string of the molecule is N=C(N)C12CC(NC(=O)COc3ccc(Cl)c(F)c3)(C1)C2. The molecule has 0 atom stereocenters. The summed E-state index contributed by atoms with van der Waals surface area (Å²) in [6.45, 7) is -0.185. The van der Waals surface area contributed by atoms with Gasteiger partial charge in [-0.15, -0.1) is 0 Å². The first-order valence-electron chi connectivity index (χ1n) is 6.58. The van der Waals surface area contributed by atoms with Crippen molar-refractivity contribution in [3.05, 3.63) is 29.0 Å². The molecule has 1 amide bonds. The molecule has 0 radical (unpaired) electrons. The van der Waals surface area contributed by atoms with Gasteiger partial charge in [0.1, 0.15) is 11.6 Å². The Bertz CT molecular complexity index is 615. The minimum absolute atomic E-state index is 0.00944. The minimum atomic E-state index is -0.586. The van der Waals surface area contributed by atoms with Crippen LogP contribution in [0.25, 0.3) is 0 Å². The largest absolute Gasteiger partial charge is 0.484 e. The number of rotatable bonds is 5. The van der Waals surface area contributed by atoms with Gasteiger partial charge in [0.25, 0.3) is 5.91 Å². The molecule has 5 nitrogen and oxygen atoms in total. The number of ether oxygens (including phenoxy) is 1. The van der Waals surface area contributed by atoms with Crippen molar-refractivity contribution in [3.63, 3.8) is 0 Å². The topological polar surface area (TPSA) is 88.2 Å². The third-order valence-corrected chi connectivity index (χ3v) is 4.57. The van der Waals surface area contributed by atoms with Crippen molar-refractivity contribution in [3.8, 4) is 5.75 Å². The lowest BCUT2D eigenvalue weighted by molar-refractivity contribution is -0.143. The molecule has 4 rings (SSSR count). The van der Waals surface area contributed by atoms with Gasteiger partial charge in [0, 0.05) is 17.0 Å². The quantitative estimate of drug-likeness (QED) is 0.572. The number of nitrogens with two attached hydrogens (primary N) is 1. The molecule has 0 aliphatic heterocycles. The summed E-state index contributed by atoms with van der Waals surface area (Å²) in [7, 11) is 0. The summed E-state index contributed by atoms with van der Waals surface area (Å²) < 4.78 is 18.4. The number of amidine groups is 1. The van der Waals surface area contributed by atoms with E-state index in [1.165, 1.54) is 12.1 Å². The third kappa shape index (κ3) is 2.33. The van der Waals surface area contributed by atoms with Crippen LogP contribution in [0.2, 0.25) is 5.02 Å². The van der Waals surface area contributed by atoms with Crippen molar-refractivity contribution in [2.75, 3.05) is 6.61 Å². The normalized spacial score (nSPS) is 29.0. The van der Waals surface area contributed by atoms with E-state index in [4.69, 9.17) is 27.5 Å². The third-order valence-electron chi connectivity index (χ3n) is 4.27. The van der Waals surface area contributed by atoms with Crippen molar-refractivity contribution < 1.29 is 13.9 Å². The van der Waals surface area contributed by atoms with Crippen molar-refractivity contribution in [1.82, 2.24) is 5.32 Å². The van der Waals surface area contributed by atoms with Crippen LogP contribution in [-0.2, 0) is 4.79 Å². The first kappa shape index (κ1) is 14.1. The molecular formula is C14H15ClFN3O2. The predicted octanol–water partition coefficient (Wildman–Crippen LogP) is 1.83. The number of carbonyl (C=O) groups excluding carboxylic acids is 1. The highest BCUT2D eigenvalue weighted by atomic mass is 35.5. The molecule has 3 saturated carbocycles. The summed E-state index contributed by atoms with van der Waals surface area (Å²) in [5.74, 6) is -0.393. The van der Waals surface area contributed by atoms with Crippen molar-refractivity contribution >= 4 is 23.3 Å². The minimum Gasteiger partial charge on any atom is -0.484 e. The second-order valence-electron chi connectivity index (χ2n) is 5.92. The first-order chi connectivity index (χ1) is 9.84. The molecule has 0 aromatic heterocycles. The van der Waals surface area contributed by atoms with Gasteiger partial charge >= 0.3 is 0 Å². The van der Waals surface area contributed by atoms with Gasteiger partial charge in [-0.25, -0.2) is 4.39 Å². The smallest absolute Gasteiger partial charge is 0.258 e. The van der Waals surface area contributed by atoms with Crippen LogP contribution in [0.1, 0.15) is 19.3 Å². The van der Waals surface area contributed by atoms with Crippen LogP contribution in [-0.4, -0.2) is 23.9 Å². The molecule has 0 unspecified atom stereocenters. The molecule has 112 valence electrons. The van der Waals surface area contributed by atoms with Crippen molar-refractivity contribution in [2.24, 2.45) is 11.1 Å². The highest BCUT2D eigenvalue weighted by Crippen LogP contribution is 2.66. The fraction of sp³-hybridized carbons (Fsp3) is 0.429. The molecule has 0 saturated heterocycles. The zero-order chi connectivity index (χ0) is 15.3. The second-order valence-corrected chi connectivity index (χ2v) is 6.32. The van der Waals surface area contributed by atoms with Gasteiger partial charge in [0.15, 0.2) is 6.61 Å². The van der Waals surface area contributed by atoms with Gasteiger partial charge in [-0.05, 0) is 31.4 Å². The summed E-state index contributed by atoms with van der Waals surface area (Å²) in [6.07, 6.45) is 2.16. The van der Waals surface area contributed by atoms with Gasteiger partial charge < -0.3 is 15.8 Å². The molecule has 3 fully saturated rings. The van der Waals surface area contributed by atoms with E-state index < -0.39 is 5.82 Å². The highest BCUT2D eigenvalue weighted by Gasteiger charge is 2.70. The van der Waals surface area contributed by atoms with Gasteiger partial charge in [0.05, 0.1) is 10.9 Å². The van der Waals surface area contributed by atoms with Crippen molar-refractivity contribution in [2.45, 2.75) is 24.8 Å². The number of nitrogens with one attached hydrogen (secondary N) is 2. The standard InChI is InChI=1S/C14H15ClFN3O2/c15-9-2-1-8(3-10(9)16)21-4-11(20)19-14-5-13(6-14,7-14)12(17)18/h1-3H,4-7H2,(H3,17,18)(H,19,20). The number of benzene rings is 1. The lowest BCUT2D eigenvalue weighted by Crippen LogP contribution is -2.78. The van der Waals surface area contributed by atoms with E-state index in [1.807, 2.05) is 0 Å². The van der Waals surface area contributed by atoms with E-state index in [-0.39, 0.29) is 40.1 Å². The molecule has 0 heterocycles. The Kier molecular flexibility index (Phi) is 3.09. The fourth-order valence-electron chi connectivity index (χ4n) is 3.25. The Balaban J connectivity index is 1.48. The van der Waals surface area contributed by atoms with Crippen LogP contribution in [0.5, 0.6) is 5.75 Å². The van der Waals surface area contributed by atoms with E-state index in [0.717, 1.165) is 25.3 Å². The molecule has 1 aromatic rings. The van der Waals surface area contributed by atoms with E-state index in [2.05, 4.69) is 5.32 Å². The average Bonchev–Trinajstić information content (AvgIpc) is 2.33. The molecular weight excluding hydrogens is 297 g/mol. The van der Waals surface area contributed by atoms with Crippen LogP contribution in [0.15, 0.2) is 18.2 Å². The number of carbonyl (C=O) groups is 1. The second kappa shape index (κ2) is 4.59. The monoisotopic (exact) mass is 311 g/mol.